The van der Waals surface area contributed by atoms with Crippen LogP contribution < -0.4 is 15.4 Å². The van der Waals surface area contributed by atoms with Crippen molar-refractivity contribution in [1.29, 1.82) is 0 Å². The molecule has 0 bridgehead atoms. The standard InChI is InChI=1S/C27H20ClN3O3S/c28-21-14-18(26-30-22-8-4-5-9-24(22)35-26)15-23(25(21)32)31-27(33)29-19-10-12-20(13-11-19)34-16-17-6-2-1-3-7-17/h1-15,32H,16H2,(H2,29,31,33). The summed E-state index contributed by atoms with van der Waals surface area (Å²) in [6.07, 6.45) is 0. The lowest BCUT2D eigenvalue weighted by Crippen LogP contribution is -2.19. The van der Waals surface area contributed by atoms with Gasteiger partial charge in [0.15, 0.2) is 5.75 Å². The van der Waals surface area contributed by atoms with Gasteiger partial charge in [-0.3, -0.25) is 0 Å². The molecule has 4 aromatic carbocycles. The number of halogens is 1. The van der Waals surface area contributed by atoms with Gasteiger partial charge in [-0.15, -0.1) is 11.3 Å². The molecule has 0 saturated heterocycles. The van der Waals surface area contributed by atoms with Crippen LogP contribution in [0, 0.1) is 0 Å². The minimum atomic E-state index is -0.518. The van der Waals surface area contributed by atoms with Gasteiger partial charge in [-0.2, -0.15) is 0 Å². The van der Waals surface area contributed by atoms with Crippen molar-refractivity contribution in [2.75, 3.05) is 10.6 Å². The molecule has 0 aliphatic rings. The van der Waals surface area contributed by atoms with E-state index in [-0.39, 0.29) is 16.5 Å². The fraction of sp³-hybridized carbons (Fsp3) is 0.0370. The molecule has 5 rings (SSSR count). The van der Waals surface area contributed by atoms with Crippen molar-refractivity contribution in [1.82, 2.24) is 4.98 Å². The van der Waals surface area contributed by atoms with Gasteiger partial charge in [0.25, 0.3) is 0 Å². The van der Waals surface area contributed by atoms with Crippen molar-refractivity contribution in [3.05, 3.63) is 102 Å². The van der Waals surface area contributed by atoms with Crippen LogP contribution in [0.5, 0.6) is 11.5 Å². The molecule has 0 saturated carbocycles. The smallest absolute Gasteiger partial charge is 0.323 e. The van der Waals surface area contributed by atoms with Crippen molar-refractivity contribution in [3.8, 4) is 22.1 Å². The van der Waals surface area contributed by atoms with Crippen molar-refractivity contribution in [2.45, 2.75) is 6.61 Å². The Balaban J connectivity index is 1.26. The molecule has 6 nitrogen and oxygen atoms in total. The topological polar surface area (TPSA) is 83.5 Å². The average molecular weight is 502 g/mol. The number of fused-ring (bicyclic) bond motifs is 1. The highest BCUT2D eigenvalue weighted by molar-refractivity contribution is 7.21. The number of anilines is 2. The van der Waals surface area contributed by atoms with E-state index in [1.54, 1.807) is 36.4 Å². The van der Waals surface area contributed by atoms with E-state index >= 15 is 0 Å². The lowest BCUT2D eigenvalue weighted by molar-refractivity contribution is 0.262. The van der Waals surface area contributed by atoms with Gasteiger partial charge in [0, 0.05) is 11.3 Å². The zero-order valence-corrected chi connectivity index (χ0v) is 19.9. The monoisotopic (exact) mass is 501 g/mol. The first-order valence-electron chi connectivity index (χ1n) is 10.8. The first-order valence-corrected chi connectivity index (χ1v) is 12.0. The number of thiazole rings is 1. The molecule has 0 radical (unpaired) electrons. The molecule has 35 heavy (non-hydrogen) atoms. The molecule has 0 fully saturated rings. The number of rotatable bonds is 6. The quantitative estimate of drug-likeness (QED) is 0.210. The highest BCUT2D eigenvalue weighted by atomic mass is 35.5. The third kappa shape index (κ3) is 5.37. The molecule has 0 unspecified atom stereocenters. The van der Waals surface area contributed by atoms with E-state index < -0.39 is 6.03 Å². The second-order valence-corrected chi connectivity index (χ2v) is 9.16. The third-order valence-corrected chi connectivity index (χ3v) is 6.59. The summed E-state index contributed by atoms with van der Waals surface area (Å²) in [6.45, 7) is 0.457. The second-order valence-electron chi connectivity index (χ2n) is 7.72. The summed E-state index contributed by atoms with van der Waals surface area (Å²) in [5.41, 5.74) is 3.40. The summed E-state index contributed by atoms with van der Waals surface area (Å²) < 4.78 is 6.81. The Hall–Kier alpha value is -4.07. The number of urea groups is 1. The second kappa shape index (κ2) is 10.0. The molecule has 1 heterocycles. The molecule has 0 atom stereocenters. The molecule has 3 N–H and O–H groups in total. The van der Waals surface area contributed by atoms with Gasteiger partial charge in [0.1, 0.15) is 17.4 Å². The highest BCUT2D eigenvalue weighted by Crippen LogP contribution is 2.39. The Bertz CT molecular complexity index is 1450. The number of hydrogen-bond donors (Lipinski definition) is 3. The Morgan fingerprint density at radius 1 is 0.943 bits per heavy atom. The zero-order valence-electron chi connectivity index (χ0n) is 18.4. The number of phenolic OH excluding ortho intramolecular Hbond substituents is 1. The minimum absolute atomic E-state index is 0.122. The maximum absolute atomic E-state index is 12.6. The van der Waals surface area contributed by atoms with Crippen molar-refractivity contribution in [3.63, 3.8) is 0 Å². The molecular formula is C27H20ClN3O3S. The molecule has 0 aliphatic carbocycles. The van der Waals surface area contributed by atoms with Crippen LogP contribution in [-0.2, 0) is 6.61 Å². The maximum atomic E-state index is 12.6. The van der Waals surface area contributed by atoms with Crippen LogP contribution in [0.3, 0.4) is 0 Å². The molecule has 5 aromatic rings. The summed E-state index contributed by atoms with van der Waals surface area (Å²) >= 11 is 7.75. The minimum Gasteiger partial charge on any atom is -0.504 e. The van der Waals surface area contributed by atoms with Crippen molar-refractivity contribution < 1.29 is 14.6 Å². The molecule has 174 valence electrons. The van der Waals surface area contributed by atoms with E-state index in [9.17, 15) is 9.90 Å². The summed E-state index contributed by atoms with van der Waals surface area (Å²) in [7, 11) is 0. The largest absolute Gasteiger partial charge is 0.504 e. The van der Waals surface area contributed by atoms with Gasteiger partial charge >= 0.3 is 6.03 Å². The van der Waals surface area contributed by atoms with Gasteiger partial charge < -0.3 is 20.5 Å². The van der Waals surface area contributed by atoms with Gasteiger partial charge in [0.05, 0.1) is 20.9 Å². The van der Waals surface area contributed by atoms with Crippen LogP contribution >= 0.6 is 22.9 Å². The number of hydrogen-bond acceptors (Lipinski definition) is 5. The molecular weight excluding hydrogens is 482 g/mol. The Morgan fingerprint density at radius 2 is 1.69 bits per heavy atom. The Morgan fingerprint density at radius 3 is 2.46 bits per heavy atom. The van der Waals surface area contributed by atoms with Gasteiger partial charge in [-0.25, -0.2) is 9.78 Å². The number of carbonyl (C=O) groups excluding carboxylic acids is 1. The SMILES string of the molecule is O=C(Nc1ccc(OCc2ccccc2)cc1)Nc1cc(-c2nc3ccccc3s2)cc(Cl)c1O. The summed E-state index contributed by atoms with van der Waals surface area (Å²) in [6, 6.07) is 27.5. The van der Waals surface area contributed by atoms with E-state index in [0.717, 1.165) is 20.8 Å². The molecule has 2 amide bonds. The number of benzene rings is 4. The van der Waals surface area contributed by atoms with Crippen molar-refractivity contribution in [2.24, 2.45) is 0 Å². The summed E-state index contributed by atoms with van der Waals surface area (Å²) in [5, 5.41) is 16.7. The number of ether oxygens (including phenoxy) is 1. The van der Waals surface area contributed by atoms with Crippen LogP contribution in [0.1, 0.15) is 5.56 Å². The summed E-state index contributed by atoms with van der Waals surface area (Å²) in [4.78, 5) is 17.2. The third-order valence-electron chi connectivity index (χ3n) is 5.21. The molecule has 8 heteroatoms. The first-order chi connectivity index (χ1) is 17.0. The number of aromatic hydroxyl groups is 1. The summed E-state index contributed by atoms with van der Waals surface area (Å²) in [5.74, 6) is 0.476. The van der Waals surface area contributed by atoms with Crippen molar-refractivity contribution >= 4 is 50.6 Å². The number of aromatic nitrogens is 1. The predicted molar refractivity (Wildman–Crippen MR) is 142 cm³/mol. The number of nitrogens with one attached hydrogen (secondary N) is 2. The number of carbonyl (C=O) groups is 1. The van der Waals surface area contributed by atoms with E-state index in [2.05, 4.69) is 15.6 Å². The van der Waals surface area contributed by atoms with Crippen LogP contribution in [0.15, 0.2) is 91.0 Å². The van der Waals surface area contributed by atoms with E-state index in [0.29, 0.717) is 23.6 Å². The van der Waals surface area contributed by atoms with E-state index in [4.69, 9.17) is 16.3 Å². The molecule has 0 aliphatic heterocycles. The lowest BCUT2D eigenvalue weighted by atomic mass is 10.2. The lowest BCUT2D eigenvalue weighted by Gasteiger charge is -2.12. The van der Waals surface area contributed by atoms with E-state index in [1.165, 1.54) is 11.3 Å². The van der Waals surface area contributed by atoms with Crippen LogP contribution in [-0.4, -0.2) is 16.1 Å². The Kier molecular flexibility index (Phi) is 6.52. The van der Waals surface area contributed by atoms with E-state index in [1.807, 2.05) is 54.6 Å². The fourth-order valence-electron chi connectivity index (χ4n) is 3.47. The number of para-hydroxylation sites is 1. The van der Waals surface area contributed by atoms with Crippen LogP contribution in [0.4, 0.5) is 16.2 Å². The number of phenols is 1. The molecule has 0 spiro atoms. The zero-order chi connectivity index (χ0) is 24.2. The average Bonchev–Trinajstić information content (AvgIpc) is 3.31. The fourth-order valence-corrected chi connectivity index (χ4v) is 4.65. The predicted octanol–water partition coefficient (Wildman–Crippen LogP) is 7.55. The van der Waals surface area contributed by atoms with Gasteiger partial charge in [-0.1, -0.05) is 54.1 Å². The van der Waals surface area contributed by atoms with Gasteiger partial charge in [0.2, 0.25) is 0 Å². The van der Waals surface area contributed by atoms with Crippen LogP contribution in [0.2, 0.25) is 5.02 Å². The maximum Gasteiger partial charge on any atom is 0.323 e. The highest BCUT2D eigenvalue weighted by Gasteiger charge is 2.15. The van der Waals surface area contributed by atoms with Gasteiger partial charge in [-0.05, 0) is 54.1 Å². The molecule has 1 aromatic heterocycles. The number of amides is 2. The Labute approximate surface area is 210 Å². The first kappa shape index (κ1) is 22.7. The normalized spacial score (nSPS) is 10.8. The number of nitrogens with zero attached hydrogens (tertiary/aromatic N) is 1. The van der Waals surface area contributed by atoms with Crippen LogP contribution in [0.25, 0.3) is 20.8 Å².